The van der Waals surface area contributed by atoms with E-state index in [9.17, 15) is 0 Å². The molecule has 0 saturated heterocycles. The van der Waals surface area contributed by atoms with Gasteiger partial charge in [-0.05, 0) is 36.2 Å². The highest BCUT2D eigenvalue weighted by Crippen LogP contribution is 2.15. The van der Waals surface area contributed by atoms with E-state index in [0.717, 1.165) is 30.7 Å². The van der Waals surface area contributed by atoms with Crippen LogP contribution in [0.3, 0.4) is 0 Å². The van der Waals surface area contributed by atoms with Crippen LogP contribution in [0.2, 0.25) is 0 Å². The number of nitrogens with zero attached hydrogens (tertiary/aromatic N) is 2. The van der Waals surface area contributed by atoms with Crippen LogP contribution >= 0.6 is 0 Å². The second-order valence-corrected chi connectivity index (χ2v) is 4.51. The summed E-state index contributed by atoms with van der Waals surface area (Å²) in [6, 6.07) is 8.01. The SMILES string of the molecule is COc1cccc(Cc2cnc(NCCCN)nc2)c1. The van der Waals surface area contributed by atoms with E-state index in [4.69, 9.17) is 10.5 Å². The highest BCUT2D eigenvalue weighted by atomic mass is 16.5. The van der Waals surface area contributed by atoms with Crippen LogP contribution in [-0.2, 0) is 6.42 Å². The molecule has 1 heterocycles. The van der Waals surface area contributed by atoms with Crippen molar-refractivity contribution in [1.29, 1.82) is 0 Å². The van der Waals surface area contributed by atoms with E-state index in [1.54, 1.807) is 7.11 Å². The Bertz CT molecular complexity index is 528. The van der Waals surface area contributed by atoms with Gasteiger partial charge in [-0.3, -0.25) is 0 Å². The van der Waals surface area contributed by atoms with Crippen LogP contribution in [0.4, 0.5) is 5.95 Å². The molecule has 0 fully saturated rings. The number of ether oxygens (including phenoxy) is 1. The molecule has 2 aromatic rings. The molecule has 20 heavy (non-hydrogen) atoms. The van der Waals surface area contributed by atoms with E-state index in [1.807, 2.05) is 30.6 Å². The quantitative estimate of drug-likeness (QED) is 0.752. The first-order valence-electron chi connectivity index (χ1n) is 6.69. The van der Waals surface area contributed by atoms with Crippen molar-refractivity contribution >= 4 is 5.95 Å². The summed E-state index contributed by atoms with van der Waals surface area (Å²) in [7, 11) is 1.67. The Morgan fingerprint density at radius 3 is 2.70 bits per heavy atom. The van der Waals surface area contributed by atoms with Crippen LogP contribution in [0.25, 0.3) is 0 Å². The summed E-state index contributed by atoms with van der Waals surface area (Å²) in [6.07, 6.45) is 5.39. The number of anilines is 1. The summed E-state index contributed by atoms with van der Waals surface area (Å²) in [6.45, 7) is 1.46. The van der Waals surface area contributed by atoms with Crippen molar-refractivity contribution in [3.8, 4) is 5.75 Å². The van der Waals surface area contributed by atoms with E-state index < -0.39 is 0 Å². The van der Waals surface area contributed by atoms with Crippen molar-refractivity contribution < 1.29 is 4.74 Å². The average molecular weight is 272 g/mol. The number of nitrogens with two attached hydrogens (primary N) is 1. The van der Waals surface area contributed by atoms with Crippen LogP contribution in [0, 0.1) is 0 Å². The predicted octanol–water partition coefficient (Wildman–Crippen LogP) is 1.84. The number of hydrogen-bond acceptors (Lipinski definition) is 5. The fourth-order valence-electron chi connectivity index (χ4n) is 1.86. The molecule has 0 aliphatic carbocycles. The van der Waals surface area contributed by atoms with Gasteiger partial charge in [-0.15, -0.1) is 0 Å². The maximum absolute atomic E-state index is 5.44. The second kappa shape index (κ2) is 7.45. The van der Waals surface area contributed by atoms with Crippen molar-refractivity contribution in [2.24, 2.45) is 5.73 Å². The van der Waals surface area contributed by atoms with Gasteiger partial charge in [-0.2, -0.15) is 0 Å². The summed E-state index contributed by atoms with van der Waals surface area (Å²) in [5.41, 5.74) is 7.68. The summed E-state index contributed by atoms with van der Waals surface area (Å²) in [5.74, 6) is 1.51. The molecule has 5 heteroatoms. The van der Waals surface area contributed by atoms with Crippen LogP contribution in [-0.4, -0.2) is 30.2 Å². The third kappa shape index (κ3) is 4.20. The van der Waals surface area contributed by atoms with Gasteiger partial charge in [0.1, 0.15) is 5.75 Å². The lowest BCUT2D eigenvalue weighted by Gasteiger charge is -2.06. The van der Waals surface area contributed by atoms with Crippen molar-refractivity contribution in [3.63, 3.8) is 0 Å². The van der Waals surface area contributed by atoms with Crippen molar-refractivity contribution in [2.75, 3.05) is 25.5 Å². The van der Waals surface area contributed by atoms with Gasteiger partial charge in [-0.25, -0.2) is 9.97 Å². The maximum atomic E-state index is 5.44. The minimum absolute atomic E-state index is 0.646. The summed E-state index contributed by atoms with van der Waals surface area (Å²) >= 11 is 0. The van der Waals surface area contributed by atoms with Crippen molar-refractivity contribution in [1.82, 2.24) is 9.97 Å². The highest BCUT2D eigenvalue weighted by Gasteiger charge is 2.01. The molecule has 0 saturated carbocycles. The lowest BCUT2D eigenvalue weighted by atomic mass is 10.1. The smallest absolute Gasteiger partial charge is 0.222 e. The molecule has 3 N–H and O–H groups in total. The lowest BCUT2D eigenvalue weighted by molar-refractivity contribution is 0.414. The molecule has 0 aliphatic heterocycles. The van der Waals surface area contributed by atoms with Crippen LogP contribution in [0.5, 0.6) is 5.75 Å². The Kier molecular flexibility index (Phi) is 5.32. The standard InChI is InChI=1S/C15H20N4O/c1-20-14-5-2-4-12(9-14)8-13-10-18-15(19-11-13)17-7-3-6-16/h2,4-5,9-11H,3,6-8,16H2,1H3,(H,17,18,19). The molecule has 0 amide bonds. The second-order valence-electron chi connectivity index (χ2n) is 4.51. The van der Waals surface area contributed by atoms with E-state index in [1.165, 1.54) is 5.56 Å². The van der Waals surface area contributed by atoms with E-state index in [0.29, 0.717) is 12.5 Å². The Hall–Kier alpha value is -2.14. The number of hydrogen-bond donors (Lipinski definition) is 2. The minimum atomic E-state index is 0.646. The molecular weight excluding hydrogens is 252 g/mol. The van der Waals surface area contributed by atoms with Crippen molar-refractivity contribution in [2.45, 2.75) is 12.8 Å². The van der Waals surface area contributed by atoms with Gasteiger partial charge >= 0.3 is 0 Å². The first-order valence-corrected chi connectivity index (χ1v) is 6.69. The number of methoxy groups -OCH3 is 1. The van der Waals surface area contributed by atoms with Crippen molar-refractivity contribution in [3.05, 3.63) is 47.8 Å². The van der Waals surface area contributed by atoms with Gasteiger partial charge in [-0.1, -0.05) is 12.1 Å². The fourth-order valence-corrected chi connectivity index (χ4v) is 1.86. The average Bonchev–Trinajstić information content (AvgIpc) is 2.49. The molecule has 106 valence electrons. The predicted molar refractivity (Wildman–Crippen MR) is 80.0 cm³/mol. The summed E-state index contributed by atoms with van der Waals surface area (Å²) < 4.78 is 5.22. The zero-order valence-electron chi connectivity index (χ0n) is 11.7. The Balaban J connectivity index is 1.95. The van der Waals surface area contributed by atoms with Crippen LogP contribution < -0.4 is 15.8 Å². The Morgan fingerprint density at radius 1 is 1.20 bits per heavy atom. The topological polar surface area (TPSA) is 73.1 Å². The van der Waals surface area contributed by atoms with E-state index in [-0.39, 0.29) is 0 Å². The lowest BCUT2D eigenvalue weighted by Crippen LogP contribution is -2.10. The fraction of sp³-hybridized carbons (Fsp3) is 0.333. The van der Waals surface area contributed by atoms with Gasteiger partial charge in [0.15, 0.2) is 0 Å². The molecule has 0 unspecified atom stereocenters. The third-order valence-electron chi connectivity index (χ3n) is 2.91. The Morgan fingerprint density at radius 2 is 2.00 bits per heavy atom. The van der Waals surface area contributed by atoms with Gasteiger partial charge in [0.05, 0.1) is 7.11 Å². The molecule has 0 spiro atoms. The van der Waals surface area contributed by atoms with Gasteiger partial charge in [0.25, 0.3) is 0 Å². The molecule has 2 rings (SSSR count). The van der Waals surface area contributed by atoms with E-state index >= 15 is 0 Å². The van der Waals surface area contributed by atoms with Crippen LogP contribution in [0.1, 0.15) is 17.5 Å². The number of aromatic nitrogens is 2. The summed E-state index contributed by atoms with van der Waals surface area (Å²) in [5, 5.41) is 3.13. The largest absolute Gasteiger partial charge is 0.497 e. The zero-order valence-corrected chi connectivity index (χ0v) is 11.7. The highest BCUT2D eigenvalue weighted by molar-refractivity contribution is 5.32. The molecule has 0 aliphatic rings. The normalized spacial score (nSPS) is 10.3. The maximum Gasteiger partial charge on any atom is 0.222 e. The first kappa shape index (κ1) is 14.3. The Labute approximate surface area is 119 Å². The zero-order chi connectivity index (χ0) is 14.2. The number of benzene rings is 1. The molecule has 5 nitrogen and oxygen atoms in total. The number of rotatable bonds is 7. The summed E-state index contributed by atoms with van der Waals surface area (Å²) in [4.78, 5) is 8.59. The first-order chi connectivity index (χ1) is 9.81. The monoisotopic (exact) mass is 272 g/mol. The van der Waals surface area contributed by atoms with Gasteiger partial charge in [0.2, 0.25) is 5.95 Å². The minimum Gasteiger partial charge on any atom is -0.497 e. The van der Waals surface area contributed by atoms with E-state index in [2.05, 4.69) is 21.4 Å². The number of nitrogens with one attached hydrogen (secondary N) is 1. The molecule has 1 aromatic carbocycles. The molecule has 0 radical (unpaired) electrons. The molecule has 1 aromatic heterocycles. The molecular formula is C15H20N4O. The third-order valence-corrected chi connectivity index (χ3v) is 2.91. The molecule has 0 bridgehead atoms. The van der Waals surface area contributed by atoms with Gasteiger partial charge in [0, 0.05) is 25.4 Å². The van der Waals surface area contributed by atoms with Gasteiger partial charge < -0.3 is 15.8 Å². The van der Waals surface area contributed by atoms with Crippen LogP contribution in [0.15, 0.2) is 36.7 Å². The molecule has 0 atom stereocenters.